The molecule has 1 atom stereocenters. The topological polar surface area (TPSA) is 62.3 Å². The number of rotatable bonds is 4. The Morgan fingerprint density at radius 2 is 1.93 bits per heavy atom. The average Bonchev–Trinajstić information content (AvgIpc) is 2.97. The molecule has 0 fully saturated rings. The summed E-state index contributed by atoms with van der Waals surface area (Å²) in [7, 11) is -3.82. The van der Waals surface area contributed by atoms with Crippen molar-refractivity contribution in [3.63, 3.8) is 0 Å². The van der Waals surface area contributed by atoms with E-state index in [2.05, 4.69) is 33.7 Å². The zero-order valence-corrected chi connectivity index (χ0v) is 16.4. The zero-order chi connectivity index (χ0) is 19.9. The second-order valence-electron chi connectivity index (χ2n) is 6.97. The molecule has 144 valence electrons. The number of sulfonamides is 1. The van der Waals surface area contributed by atoms with Crippen molar-refractivity contribution in [2.75, 3.05) is 9.62 Å². The van der Waals surface area contributed by atoms with Crippen LogP contribution in [0.5, 0.6) is 0 Å². The van der Waals surface area contributed by atoms with E-state index in [0.717, 1.165) is 24.0 Å². The van der Waals surface area contributed by atoms with Crippen LogP contribution in [0, 0.1) is 12.7 Å². The molecule has 3 aromatic rings. The first-order valence-corrected chi connectivity index (χ1v) is 10.5. The molecule has 0 amide bonds. The molecule has 0 saturated heterocycles. The van der Waals surface area contributed by atoms with Gasteiger partial charge in [0.15, 0.2) is 0 Å². The molecule has 1 unspecified atom stereocenters. The summed E-state index contributed by atoms with van der Waals surface area (Å²) < 4.78 is 41.0. The first-order valence-electron chi connectivity index (χ1n) is 8.97. The zero-order valence-electron chi connectivity index (χ0n) is 15.6. The second-order valence-corrected chi connectivity index (χ2v) is 8.62. The van der Waals surface area contributed by atoms with Gasteiger partial charge in [0.05, 0.1) is 16.8 Å². The van der Waals surface area contributed by atoms with Gasteiger partial charge in [0, 0.05) is 11.7 Å². The maximum absolute atomic E-state index is 13.3. The quantitative estimate of drug-likeness (QED) is 0.708. The third-order valence-corrected chi connectivity index (χ3v) is 6.42. The summed E-state index contributed by atoms with van der Waals surface area (Å²) in [5, 5.41) is 0. The van der Waals surface area contributed by atoms with E-state index < -0.39 is 15.8 Å². The average molecular weight is 397 g/mol. The van der Waals surface area contributed by atoms with Crippen molar-refractivity contribution in [2.45, 2.75) is 31.2 Å². The minimum absolute atomic E-state index is 0.0417. The van der Waals surface area contributed by atoms with Gasteiger partial charge in [-0.05, 0) is 67.8 Å². The normalized spacial score (nSPS) is 16.1. The van der Waals surface area contributed by atoms with E-state index in [-0.39, 0.29) is 10.9 Å². The Balaban J connectivity index is 1.59. The monoisotopic (exact) mass is 397 g/mol. The molecule has 2 aromatic carbocycles. The Labute approximate surface area is 163 Å². The van der Waals surface area contributed by atoms with Gasteiger partial charge in [0.2, 0.25) is 0 Å². The molecule has 1 aliphatic heterocycles. The Hall–Kier alpha value is -2.93. The van der Waals surface area contributed by atoms with Crippen LogP contribution in [0.15, 0.2) is 65.7 Å². The molecular formula is C21H20FN3O2S. The van der Waals surface area contributed by atoms with Gasteiger partial charge in [-0.15, -0.1) is 0 Å². The Kier molecular flexibility index (Phi) is 4.55. The molecule has 1 aromatic heterocycles. The molecule has 28 heavy (non-hydrogen) atoms. The van der Waals surface area contributed by atoms with Gasteiger partial charge >= 0.3 is 0 Å². The van der Waals surface area contributed by atoms with Crippen LogP contribution in [-0.2, 0) is 16.4 Å². The smallest absolute Gasteiger partial charge is 0.262 e. The lowest BCUT2D eigenvalue weighted by Crippen LogP contribution is -2.24. The Morgan fingerprint density at radius 3 is 2.64 bits per heavy atom. The molecule has 0 bridgehead atoms. The number of nitrogens with zero attached hydrogens (tertiary/aromatic N) is 2. The van der Waals surface area contributed by atoms with Gasteiger partial charge in [-0.2, -0.15) is 0 Å². The van der Waals surface area contributed by atoms with Crippen LogP contribution in [0.4, 0.5) is 21.6 Å². The minimum atomic E-state index is -3.82. The molecule has 0 aliphatic carbocycles. The van der Waals surface area contributed by atoms with Crippen molar-refractivity contribution in [2.24, 2.45) is 0 Å². The van der Waals surface area contributed by atoms with Crippen molar-refractivity contribution in [3.8, 4) is 0 Å². The molecule has 7 heteroatoms. The highest BCUT2D eigenvalue weighted by atomic mass is 32.2. The maximum atomic E-state index is 13.3. The highest BCUT2D eigenvalue weighted by molar-refractivity contribution is 7.92. The number of anilines is 3. The van der Waals surface area contributed by atoms with E-state index in [1.54, 1.807) is 19.1 Å². The molecule has 1 aliphatic rings. The molecule has 0 saturated carbocycles. The lowest BCUT2D eigenvalue weighted by atomic mass is 10.1. The van der Waals surface area contributed by atoms with E-state index in [4.69, 9.17) is 0 Å². The number of pyridine rings is 1. The summed E-state index contributed by atoms with van der Waals surface area (Å²) in [4.78, 5) is 6.66. The van der Waals surface area contributed by atoms with Crippen molar-refractivity contribution in [1.29, 1.82) is 0 Å². The minimum Gasteiger partial charge on any atom is -0.323 e. The van der Waals surface area contributed by atoms with Crippen LogP contribution in [-0.4, -0.2) is 19.4 Å². The van der Waals surface area contributed by atoms with Crippen LogP contribution >= 0.6 is 0 Å². The van der Waals surface area contributed by atoms with Gasteiger partial charge in [-0.3, -0.25) is 4.72 Å². The summed E-state index contributed by atoms with van der Waals surface area (Å²) in [5.41, 5.74) is 3.10. The molecular weight excluding hydrogens is 377 g/mol. The number of aromatic nitrogens is 1. The lowest BCUT2D eigenvalue weighted by molar-refractivity contribution is 0.598. The standard InChI is InChI=1S/C21H20FN3O2S/c1-14-11-17(22)7-9-20(14)28(26,27)24-18-8-10-21(23-13-18)25-15(2)12-16-5-3-4-6-19(16)25/h3-11,13,15,24H,12H2,1-2H3. The van der Waals surface area contributed by atoms with Crippen LogP contribution in [0.2, 0.25) is 0 Å². The van der Waals surface area contributed by atoms with Gasteiger partial charge in [-0.25, -0.2) is 17.8 Å². The SMILES string of the molecule is Cc1cc(F)ccc1S(=O)(=O)Nc1ccc(N2c3ccccc3CC2C)nc1. The Morgan fingerprint density at radius 1 is 1.14 bits per heavy atom. The molecule has 4 rings (SSSR count). The number of halogens is 1. The fraction of sp³-hybridized carbons (Fsp3) is 0.190. The van der Waals surface area contributed by atoms with E-state index >= 15 is 0 Å². The number of aryl methyl sites for hydroxylation is 1. The van der Waals surface area contributed by atoms with Crippen LogP contribution in [0.3, 0.4) is 0 Å². The number of hydrogen-bond acceptors (Lipinski definition) is 4. The molecule has 2 heterocycles. The molecule has 5 nitrogen and oxygen atoms in total. The van der Waals surface area contributed by atoms with Crippen molar-refractivity contribution >= 4 is 27.2 Å². The summed E-state index contributed by atoms with van der Waals surface area (Å²) >= 11 is 0. The molecule has 1 N–H and O–H groups in total. The third kappa shape index (κ3) is 3.33. The molecule has 0 spiro atoms. The van der Waals surface area contributed by atoms with E-state index in [1.807, 2.05) is 12.1 Å². The molecule has 0 radical (unpaired) electrons. The highest BCUT2D eigenvalue weighted by Crippen LogP contribution is 2.37. The third-order valence-electron chi connectivity index (χ3n) is 4.88. The fourth-order valence-corrected chi connectivity index (χ4v) is 4.90. The summed E-state index contributed by atoms with van der Waals surface area (Å²) in [6.07, 6.45) is 2.44. The second kappa shape index (κ2) is 6.91. The number of para-hydroxylation sites is 1. The summed E-state index contributed by atoms with van der Waals surface area (Å²) in [6, 6.07) is 15.5. The van der Waals surface area contributed by atoms with Crippen molar-refractivity contribution in [1.82, 2.24) is 4.98 Å². The number of benzene rings is 2. The van der Waals surface area contributed by atoms with Crippen molar-refractivity contribution in [3.05, 3.63) is 77.7 Å². The maximum Gasteiger partial charge on any atom is 0.262 e. The van der Waals surface area contributed by atoms with Gasteiger partial charge in [-0.1, -0.05) is 18.2 Å². The van der Waals surface area contributed by atoms with Crippen LogP contribution in [0.25, 0.3) is 0 Å². The number of hydrogen-bond donors (Lipinski definition) is 1. The number of fused-ring (bicyclic) bond motifs is 1. The van der Waals surface area contributed by atoms with E-state index in [0.29, 0.717) is 11.3 Å². The summed E-state index contributed by atoms with van der Waals surface area (Å²) in [5.74, 6) is 0.292. The van der Waals surface area contributed by atoms with Gasteiger partial charge < -0.3 is 4.90 Å². The first kappa shape index (κ1) is 18.4. The Bertz CT molecular complexity index is 1130. The van der Waals surface area contributed by atoms with Gasteiger partial charge in [0.1, 0.15) is 11.6 Å². The first-order chi connectivity index (χ1) is 13.3. The largest absolute Gasteiger partial charge is 0.323 e. The number of nitrogens with one attached hydrogen (secondary N) is 1. The van der Waals surface area contributed by atoms with Crippen LogP contribution < -0.4 is 9.62 Å². The van der Waals surface area contributed by atoms with E-state index in [9.17, 15) is 12.8 Å². The van der Waals surface area contributed by atoms with Crippen LogP contribution in [0.1, 0.15) is 18.1 Å². The highest BCUT2D eigenvalue weighted by Gasteiger charge is 2.27. The fourth-order valence-electron chi connectivity index (χ4n) is 3.63. The lowest BCUT2D eigenvalue weighted by Gasteiger charge is -2.24. The van der Waals surface area contributed by atoms with Crippen molar-refractivity contribution < 1.29 is 12.8 Å². The van der Waals surface area contributed by atoms with E-state index in [1.165, 1.54) is 23.9 Å². The summed E-state index contributed by atoms with van der Waals surface area (Å²) in [6.45, 7) is 3.70. The predicted octanol–water partition coefficient (Wildman–Crippen LogP) is 4.41. The predicted molar refractivity (Wildman–Crippen MR) is 108 cm³/mol. The van der Waals surface area contributed by atoms with Gasteiger partial charge in [0.25, 0.3) is 10.0 Å².